The summed E-state index contributed by atoms with van der Waals surface area (Å²) < 4.78 is 43.3. The number of halogens is 3. The summed E-state index contributed by atoms with van der Waals surface area (Å²) in [4.78, 5) is 118. The Bertz CT molecular complexity index is 4760. The van der Waals surface area contributed by atoms with Gasteiger partial charge in [-0.2, -0.15) is 5.26 Å². The zero-order chi connectivity index (χ0) is 96.7. The van der Waals surface area contributed by atoms with Crippen LogP contribution in [0.15, 0.2) is 182 Å². The molecule has 0 unspecified atom stereocenters. The van der Waals surface area contributed by atoms with Gasteiger partial charge >= 0.3 is 0 Å². The van der Waals surface area contributed by atoms with Gasteiger partial charge in [-0.25, -0.2) is 23.1 Å². The number of ether oxygens (including phenoxy) is 1. The third-order valence-corrected chi connectivity index (χ3v) is 23.2. The largest absolute Gasteiger partial charge is 0.481 e. The lowest BCUT2D eigenvalue weighted by molar-refractivity contribution is -0.147. The van der Waals surface area contributed by atoms with Gasteiger partial charge in [-0.15, -0.1) is 11.3 Å². The lowest BCUT2D eigenvalue weighted by Crippen LogP contribution is -2.54. The average Bonchev–Trinajstić information content (AvgIpc) is 0.757. The molecule has 0 saturated heterocycles. The first-order chi connectivity index (χ1) is 62.0. The molecular weight excluding hydrogens is 1680 g/mol. The van der Waals surface area contributed by atoms with Crippen LogP contribution in [0.5, 0.6) is 5.88 Å². The molecule has 131 heavy (non-hydrogen) atoms. The summed E-state index contributed by atoms with van der Waals surface area (Å²) in [7, 11) is 1.54. The Morgan fingerprint density at radius 1 is 0.397 bits per heavy atom. The van der Waals surface area contributed by atoms with E-state index in [0.29, 0.717) is 69.2 Å². The van der Waals surface area contributed by atoms with Crippen LogP contribution >= 0.6 is 11.3 Å². The maximum atomic E-state index is 13.0. The Morgan fingerprint density at radius 2 is 0.771 bits per heavy atom. The maximum Gasteiger partial charge on any atom is 0.261 e. The van der Waals surface area contributed by atoms with Crippen LogP contribution < -0.4 is 52.6 Å². The highest BCUT2D eigenvalue weighted by Gasteiger charge is 2.56. The number of pyridine rings is 3. The lowest BCUT2D eigenvalue weighted by atomic mass is 9.49. The topological polar surface area (TPSA) is 334 Å². The number of carbonyl (C=O) groups excluding carboxylic acids is 9. The van der Waals surface area contributed by atoms with Gasteiger partial charge in [0.05, 0.1) is 34.2 Å². The number of amides is 9. The minimum Gasteiger partial charge on any atom is -0.481 e. The lowest BCUT2D eigenvalue weighted by Gasteiger charge is -2.55. The Balaban J connectivity index is 0.000000228. The van der Waals surface area contributed by atoms with E-state index >= 15 is 0 Å². The van der Waals surface area contributed by atoms with E-state index in [9.17, 15) is 56.3 Å². The number of aromatic nitrogens is 3. The molecule has 9 amide bonds. The van der Waals surface area contributed by atoms with Gasteiger partial charge in [0.2, 0.25) is 17.7 Å². The molecule has 708 valence electrons. The van der Waals surface area contributed by atoms with Crippen molar-refractivity contribution in [2.75, 3.05) is 7.11 Å². The predicted molar refractivity (Wildman–Crippen MR) is 512 cm³/mol. The van der Waals surface area contributed by atoms with Gasteiger partial charge < -0.3 is 52.6 Å². The first kappa shape index (κ1) is 108. The second-order valence-electron chi connectivity index (χ2n) is 37.7. The third kappa shape index (κ3) is 38.4. The average molecular weight is 1820 g/mol. The summed E-state index contributed by atoms with van der Waals surface area (Å²) in [6, 6.07) is 43.9. The van der Waals surface area contributed by atoms with Gasteiger partial charge in [0, 0.05) is 107 Å². The minimum absolute atomic E-state index is 0.0205. The van der Waals surface area contributed by atoms with Crippen molar-refractivity contribution in [3.8, 4) is 11.9 Å². The quantitative estimate of drug-likeness (QED) is 0.0288. The third-order valence-electron chi connectivity index (χ3n) is 22.3. The number of nitrogens with zero attached hydrogens (tertiary/aromatic N) is 4. The summed E-state index contributed by atoms with van der Waals surface area (Å²) >= 11 is 1.46. The SMILES string of the molecule is CC(C)C[C@H](C)NC(=O)c1ccc(F)cc1.CC(C)NC(=O)C12CC3CC(CC(C3)C1)C2.CC(C)NC(=O)C12CC3CC(CC(C3)C1)C2.CC(C)NC(=O)c1ccc(C#N)nc1.CC(C)NC(=O)c1ccccc1F.CC(C)NC(=O)c1cccnc1.CC(C)NC(=O)c1cccs1.COc1ccc(C(=O)NC(C)C)cn1.C[C@@H](Cc1ccccc1)NC(=O)c1ccc(F)cc1. The fourth-order valence-corrected chi connectivity index (χ4v) is 18.3. The van der Waals surface area contributed by atoms with Gasteiger partial charge in [-0.3, -0.25) is 48.1 Å². The van der Waals surface area contributed by atoms with Crippen LogP contribution in [0, 0.1) is 81.0 Å². The zero-order valence-corrected chi connectivity index (χ0v) is 80.7. The number of hydrogen-bond acceptors (Lipinski definition) is 15. The van der Waals surface area contributed by atoms with Crippen molar-refractivity contribution in [3.63, 3.8) is 0 Å². The summed E-state index contributed by atoms with van der Waals surface area (Å²) in [5.74, 6) is 4.79. The highest BCUT2D eigenvalue weighted by atomic mass is 32.1. The zero-order valence-electron chi connectivity index (χ0n) is 79.9. The van der Waals surface area contributed by atoms with E-state index < -0.39 is 5.82 Å². The van der Waals surface area contributed by atoms with Crippen LogP contribution in [-0.2, 0) is 16.0 Å². The number of benzene rings is 4. The maximum absolute atomic E-state index is 13.0. The van der Waals surface area contributed by atoms with Crippen LogP contribution in [0.3, 0.4) is 0 Å². The van der Waals surface area contributed by atoms with Crippen LogP contribution in [0.4, 0.5) is 13.2 Å². The molecule has 8 aromatic rings. The smallest absolute Gasteiger partial charge is 0.261 e. The van der Waals surface area contributed by atoms with Crippen molar-refractivity contribution >= 4 is 64.5 Å². The molecule has 8 fully saturated rings. The van der Waals surface area contributed by atoms with Crippen molar-refractivity contribution in [2.45, 2.75) is 269 Å². The van der Waals surface area contributed by atoms with Gasteiger partial charge in [0.15, 0.2) is 0 Å². The molecular formula is C104H140F3N13O10S. The molecule has 8 aliphatic rings. The van der Waals surface area contributed by atoms with Crippen LogP contribution in [0.2, 0.25) is 0 Å². The van der Waals surface area contributed by atoms with E-state index in [-0.39, 0.29) is 112 Å². The fourth-order valence-electron chi connectivity index (χ4n) is 17.7. The number of methoxy groups -OCH3 is 1. The van der Waals surface area contributed by atoms with E-state index in [1.807, 2.05) is 137 Å². The highest BCUT2D eigenvalue weighted by Crippen LogP contribution is 2.61. The number of nitriles is 1. The van der Waals surface area contributed by atoms with Gasteiger partial charge in [0.1, 0.15) is 29.2 Å². The van der Waals surface area contributed by atoms with Gasteiger partial charge in [-0.1, -0.05) is 62.4 Å². The molecule has 4 aromatic heterocycles. The van der Waals surface area contributed by atoms with Crippen LogP contribution in [0.25, 0.3) is 0 Å². The van der Waals surface area contributed by atoms with Crippen molar-refractivity contribution in [1.82, 2.24) is 62.8 Å². The Labute approximate surface area is 778 Å². The molecule has 2 atom stereocenters. The number of hydrogen-bond donors (Lipinski definition) is 9. The summed E-state index contributed by atoms with van der Waals surface area (Å²) in [6.45, 7) is 35.4. The number of carbonyl (C=O) groups is 9. The Morgan fingerprint density at radius 3 is 1.12 bits per heavy atom. The molecule has 0 radical (unpaired) electrons. The van der Waals surface area contributed by atoms with Crippen molar-refractivity contribution < 1.29 is 61.1 Å². The van der Waals surface area contributed by atoms with Crippen LogP contribution in [-0.4, -0.2) is 130 Å². The minimum atomic E-state index is -0.486. The first-order valence-electron chi connectivity index (χ1n) is 45.9. The standard InChI is InChI=1S/C16H16FNO.2C14H23NO.C13H18FNO.C10H12FNO.C10H11N3O.C10H14N2O2.C9H12N2O.C8H11NOS/c1-12(11-13-5-3-2-4-6-13)18-16(19)14-7-9-15(17)10-8-14;2*1-9(2)15-13(16)14-6-10-3-11(7-14)5-12(4-10)8-14;1-9(2)8-10(3)15-13(16)11-4-6-12(14)7-5-11;1-7(2)12-10(13)8-5-3-4-6-9(8)11;1-7(2)13-10(14)8-3-4-9(5-11)12-6-8;1-7(2)12-10(13)8-4-5-9(14-3)11-6-8;1-7(2)11-9(12)8-4-3-5-10-6-8;1-6(2)9-8(10)7-4-3-5-11-7/h2-10,12H,11H2,1H3,(H,18,19);2*9-12H,3-8H2,1-2H3,(H,15,16);4-7,9-10H,8H2,1-3H3,(H,15,16);3-7H,1-2H3,(H,12,13);3-4,6-7H,1-2H3,(H,13,14);4-7H,1-3H3,(H,12,13);3-7H,1-2H3,(H,11,12);3-6H,1-2H3,(H,9,10)/t12-;;;10-;;;;;/m0..0...../s1. The molecule has 4 heterocycles. The van der Waals surface area contributed by atoms with E-state index in [1.165, 1.54) is 180 Å². The second kappa shape index (κ2) is 54.2. The number of thiophene rings is 1. The molecule has 27 heteroatoms. The van der Waals surface area contributed by atoms with Crippen molar-refractivity contribution in [3.05, 3.63) is 249 Å². The normalized spacial score (nSPS) is 19.1. The molecule has 8 aliphatic carbocycles. The van der Waals surface area contributed by atoms with Crippen molar-refractivity contribution in [1.29, 1.82) is 5.26 Å². The summed E-state index contributed by atoms with van der Waals surface area (Å²) in [5.41, 5.74) is 4.25. The van der Waals surface area contributed by atoms with E-state index in [4.69, 9.17) is 10.00 Å². The molecule has 0 spiro atoms. The highest BCUT2D eigenvalue weighted by molar-refractivity contribution is 7.12. The number of rotatable bonds is 23. The monoisotopic (exact) mass is 1820 g/mol. The number of nitrogens with one attached hydrogen (secondary N) is 9. The predicted octanol–water partition coefficient (Wildman–Crippen LogP) is 19.0. The van der Waals surface area contributed by atoms with Crippen molar-refractivity contribution in [2.24, 2.45) is 52.3 Å². The van der Waals surface area contributed by atoms with E-state index in [0.717, 1.165) is 53.2 Å². The van der Waals surface area contributed by atoms with Gasteiger partial charge in [0.25, 0.3) is 41.4 Å². The molecule has 16 rings (SSSR count). The second-order valence-corrected chi connectivity index (χ2v) is 38.7. The Kier molecular flexibility index (Phi) is 44.7. The fraction of sp³-hybridized carbons (Fsp3) is 0.490. The molecule has 9 N–H and O–H groups in total. The van der Waals surface area contributed by atoms with Gasteiger partial charge in [-0.05, 0) is 350 Å². The molecule has 8 saturated carbocycles. The molecule has 23 nitrogen and oxygen atoms in total. The van der Waals surface area contributed by atoms with E-state index in [2.05, 4.69) is 104 Å². The molecule has 8 bridgehead atoms. The summed E-state index contributed by atoms with van der Waals surface area (Å²) in [6.07, 6.45) is 23.3. The molecule has 4 aromatic carbocycles. The van der Waals surface area contributed by atoms with Crippen LogP contribution in [0.1, 0.15) is 291 Å². The first-order valence-corrected chi connectivity index (χ1v) is 46.8. The molecule has 0 aliphatic heterocycles. The summed E-state index contributed by atoms with van der Waals surface area (Å²) in [5, 5.41) is 36.2. The Hall–Kier alpha value is -11.7. The van der Waals surface area contributed by atoms with E-state index in [1.54, 1.807) is 54.9 Å².